The molecule has 0 radical (unpaired) electrons. The smallest absolute Gasteiger partial charge is 0.217 e. The molecule has 0 saturated carbocycles. The lowest BCUT2D eigenvalue weighted by atomic mass is 10.3. The van der Waals surface area contributed by atoms with E-state index in [0.29, 0.717) is 6.54 Å². The van der Waals surface area contributed by atoms with Gasteiger partial charge in [-0.05, 0) is 22.4 Å². The maximum Gasteiger partial charge on any atom is 0.217 e. The molecule has 0 bridgehead atoms. The van der Waals surface area contributed by atoms with E-state index in [1.54, 1.807) is 11.3 Å². The van der Waals surface area contributed by atoms with Crippen LogP contribution in [0.5, 0.6) is 0 Å². The van der Waals surface area contributed by atoms with Gasteiger partial charge in [-0.2, -0.15) is 11.3 Å². The third-order valence-corrected chi connectivity index (χ3v) is 1.85. The summed E-state index contributed by atoms with van der Waals surface area (Å²) in [5, 5.41) is 6.74. The summed E-state index contributed by atoms with van der Waals surface area (Å²) in [4.78, 5) is 10.4. The first kappa shape index (κ1) is 11.2. The molecule has 0 aromatic carbocycles. The Morgan fingerprint density at radius 1 is 1.58 bits per heavy atom. The molecule has 0 aliphatic heterocycles. The first-order valence-corrected chi connectivity index (χ1v) is 4.99. The second-order valence-corrected chi connectivity index (χ2v) is 2.82. The molecule has 2 nitrogen and oxygen atoms in total. The van der Waals surface area contributed by atoms with Crippen LogP contribution in [0.2, 0.25) is 0 Å². The molecule has 1 aromatic rings. The molecule has 1 amide bonds. The highest BCUT2D eigenvalue weighted by atomic mass is 32.1. The normalized spacial score (nSPS) is 8.25. The van der Waals surface area contributed by atoms with Gasteiger partial charge in [0.1, 0.15) is 0 Å². The average molecular weight is 185 g/mol. The zero-order valence-corrected chi connectivity index (χ0v) is 8.57. The monoisotopic (exact) mass is 185 g/mol. The van der Waals surface area contributed by atoms with Gasteiger partial charge in [0.25, 0.3) is 0 Å². The van der Waals surface area contributed by atoms with Crippen LogP contribution in [-0.2, 0) is 11.3 Å². The average Bonchev–Trinajstić information content (AvgIpc) is 2.56. The predicted octanol–water partition coefficient (Wildman–Crippen LogP) is 2.41. The molecule has 68 valence electrons. The van der Waals surface area contributed by atoms with Crippen molar-refractivity contribution in [1.29, 1.82) is 0 Å². The first-order valence-electron chi connectivity index (χ1n) is 4.04. The molecule has 1 rings (SSSR count). The number of hydrogen-bond acceptors (Lipinski definition) is 2. The van der Waals surface area contributed by atoms with Crippen molar-refractivity contribution < 1.29 is 4.79 Å². The molecule has 0 spiro atoms. The van der Waals surface area contributed by atoms with E-state index in [9.17, 15) is 4.79 Å². The van der Waals surface area contributed by atoms with Gasteiger partial charge in [0.2, 0.25) is 5.91 Å². The Morgan fingerprint density at radius 3 is 2.67 bits per heavy atom. The Kier molecular flexibility index (Phi) is 6.38. The summed E-state index contributed by atoms with van der Waals surface area (Å²) in [6.45, 7) is 6.17. The number of carbonyl (C=O) groups is 1. The second-order valence-electron chi connectivity index (χ2n) is 2.04. The Labute approximate surface area is 77.6 Å². The molecule has 0 aliphatic rings. The summed E-state index contributed by atoms with van der Waals surface area (Å²) in [6.07, 6.45) is 0. The van der Waals surface area contributed by atoms with Crippen molar-refractivity contribution in [3.63, 3.8) is 0 Å². The van der Waals surface area contributed by atoms with Crippen LogP contribution in [0.25, 0.3) is 0 Å². The largest absolute Gasteiger partial charge is 0.352 e. The third kappa shape index (κ3) is 4.91. The maximum absolute atomic E-state index is 10.4. The number of rotatable bonds is 2. The van der Waals surface area contributed by atoms with Crippen molar-refractivity contribution in [2.75, 3.05) is 0 Å². The van der Waals surface area contributed by atoms with Crippen LogP contribution in [-0.4, -0.2) is 5.91 Å². The fraction of sp³-hybridized carbons (Fsp3) is 0.444. The van der Waals surface area contributed by atoms with E-state index in [2.05, 4.69) is 5.32 Å². The van der Waals surface area contributed by atoms with E-state index in [1.165, 1.54) is 12.5 Å². The number of thiophene rings is 1. The van der Waals surface area contributed by atoms with Crippen molar-refractivity contribution in [1.82, 2.24) is 5.32 Å². The van der Waals surface area contributed by atoms with Crippen LogP contribution in [0.4, 0.5) is 0 Å². The topological polar surface area (TPSA) is 29.1 Å². The van der Waals surface area contributed by atoms with Gasteiger partial charge in [0.15, 0.2) is 0 Å². The summed E-state index contributed by atoms with van der Waals surface area (Å²) in [7, 11) is 0. The third-order valence-electron chi connectivity index (χ3n) is 1.12. The molecule has 12 heavy (non-hydrogen) atoms. The maximum atomic E-state index is 10.4. The van der Waals surface area contributed by atoms with Crippen molar-refractivity contribution in [2.24, 2.45) is 0 Å². The van der Waals surface area contributed by atoms with Crippen molar-refractivity contribution in [2.45, 2.75) is 27.3 Å². The Balaban J connectivity index is 0.000000561. The lowest BCUT2D eigenvalue weighted by Crippen LogP contribution is -2.18. The fourth-order valence-electron chi connectivity index (χ4n) is 0.620. The summed E-state index contributed by atoms with van der Waals surface area (Å²) >= 11 is 1.64. The highest BCUT2D eigenvalue weighted by molar-refractivity contribution is 7.07. The molecule has 1 heterocycles. The van der Waals surface area contributed by atoms with E-state index in [1.807, 2.05) is 30.7 Å². The molecular formula is C9H15NOS. The lowest BCUT2D eigenvalue weighted by molar-refractivity contribution is -0.119. The van der Waals surface area contributed by atoms with Crippen LogP contribution in [0.15, 0.2) is 16.8 Å². The summed E-state index contributed by atoms with van der Waals surface area (Å²) < 4.78 is 0. The summed E-state index contributed by atoms with van der Waals surface area (Å²) in [5.41, 5.74) is 1.17. The van der Waals surface area contributed by atoms with Crippen LogP contribution in [0.3, 0.4) is 0 Å². The summed E-state index contributed by atoms with van der Waals surface area (Å²) in [6, 6.07) is 2.00. The predicted molar refractivity (Wildman–Crippen MR) is 53.2 cm³/mol. The van der Waals surface area contributed by atoms with E-state index >= 15 is 0 Å². The van der Waals surface area contributed by atoms with Gasteiger partial charge >= 0.3 is 0 Å². The van der Waals surface area contributed by atoms with Gasteiger partial charge in [-0.1, -0.05) is 13.8 Å². The molecule has 0 atom stereocenters. The molecule has 0 saturated heterocycles. The number of nitrogens with one attached hydrogen (secondary N) is 1. The van der Waals surface area contributed by atoms with Gasteiger partial charge in [0, 0.05) is 13.5 Å². The van der Waals surface area contributed by atoms with E-state index in [-0.39, 0.29) is 5.91 Å². The van der Waals surface area contributed by atoms with Crippen molar-refractivity contribution in [3.8, 4) is 0 Å². The Bertz CT molecular complexity index is 206. The molecule has 1 aromatic heterocycles. The minimum absolute atomic E-state index is 0.0196. The zero-order chi connectivity index (χ0) is 9.40. The minimum Gasteiger partial charge on any atom is -0.352 e. The summed E-state index contributed by atoms with van der Waals surface area (Å²) in [5.74, 6) is 0.0196. The number of hydrogen-bond donors (Lipinski definition) is 1. The van der Waals surface area contributed by atoms with Crippen molar-refractivity contribution >= 4 is 17.2 Å². The molecule has 0 fully saturated rings. The lowest BCUT2D eigenvalue weighted by Gasteiger charge is -1.96. The van der Waals surface area contributed by atoms with Crippen LogP contribution < -0.4 is 5.32 Å². The Morgan fingerprint density at radius 2 is 2.25 bits per heavy atom. The minimum atomic E-state index is 0.0196. The standard InChI is InChI=1S/C7H9NOS.C2H6/c1-6(9)8-4-7-2-3-10-5-7;1-2/h2-3,5H,4H2,1H3,(H,8,9);1-2H3. The molecule has 0 unspecified atom stereocenters. The molecular weight excluding hydrogens is 170 g/mol. The SMILES string of the molecule is CC.CC(=O)NCc1ccsc1. The van der Waals surface area contributed by atoms with Gasteiger partial charge in [-0.25, -0.2) is 0 Å². The molecule has 1 N–H and O–H groups in total. The van der Waals surface area contributed by atoms with Crippen molar-refractivity contribution in [3.05, 3.63) is 22.4 Å². The second kappa shape index (κ2) is 6.85. The zero-order valence-electron chi connectivity index (χ0n) is 7.76. The van der Waals surface area contributed by atoms with Crippen LogP contribution >= 0.6 is 11.3 Å². The number of carbonyl (C=O) groups excluding carboxylic acids is 1. The first-order chi connectivity index (χ1) is 5.79. The van der Waals surface area contributed by atoms with Gasteiger partial charge in [0.05, 0.1) is 0 Å². The highest BCUT2D eigenvalue weighted by Gasteiger charge is 1.92. The van der Waals surface area contributed by atoms with Gasteiger partial charge in [-0.3, -0.25) is 4.79 Å². The highest BCUT2D eigenvalue weighted by Crippen LogP contribution is 2.04. The van der Waals surface area contributed by atoms with Crippen LogP contribution in [0, 0.1) is 0 Å². The van der Waals surface area contributed by atoms with Crippen LogP contribution in [0.1, 0.15) is 26.3 Å². The van der Waals surface area contributed by atoms with E-state index in [0.717, 1.165) is 0 Å². The van der Waals surface area contributed by atoms with Gasteiger partial charge in [-0.15, -0.1) is 0 Å². The van der Waals surface area contributed by atoms with E-state index < -0.39 is 0 Å². The van der Waals surface area contributed by atoms with E-state index in [4.69, 9.17) is 0 Å². The quantitative estimate of drug-likeness (QED) is 0.753. The fourth-order valence-corrected chi connectivity index (χ4v) is 1.29. The molecule has 0 aliphatic carbocycles. The molecule has 3 heteroatoms. The Hall–Kier alpha value is -0.830. The number of amides is 1. The van der Waals surface area contributed by atoms with Gasteiger partial charge < -0.3 is 5.32 Å².